The number of ketones is 1. The van der Waals surface area contributed by atoms with Gasteiger partial charge in [-0.25, -0.2) is 13.8 Å². The first-order chi connectivity index (χ1) is 19.9. The Labute approximate surface area is 237 Å². The number of para-hydroxylation sites is 2. The topological polar surface area (TPSA) is 143 Å². The number of carbonyl (C=O) groups is 3. The van der Waals surface area contributed by atoms with Gasteiger partial charge in [-0.05, 0) is 37.3 Å². The van der Waals surface area contributed by atoms with Gasteiger partial charge in [-0.1, -0.05) is 26.0 Å². The fraction of sp³-hybridized carbons (Fsp3) is 0.429. The minimum Gasteiger partial charge on any atom is -0.481 e. The van der Waals surface area contributed by atoms with E-state index < -0.39 is 83.4 Å². The van der Waals surface area contributed by atoms with Crippen LogP contribution in [-0.2, 0) is 24.8 Å². The molecule has 1 amide bonds. The zero-order valence-electron chi connectivity index (χ0n) is 22.8. The summed E-state index contributed by atoms with van der Waals surface area (Å²) in [6.45, 7) is 2.66. The first-order valence-corrected chi connectivity index (χ1v) is 13.3. The fourth-order valence-corrected chi connectivity index (χ4v) is 4.70. The Morgan fingerprint density at radius 2 is 1.81 bits per heavy atom. The van der Waals surface area contributed by atoms with Gasteiger partial charge in [0.2, 0.25) is 17.5 Å². The summed E-state index contributed by atoms with van der Waals surface area (Å²) in [6.07, 6.45) is 1.10. The van der Waals surface area contributed by atoms with Gasteiger partial charge in [0.1, 0.15) is 12.6 Å². The van der Waals surface area contributed by atoms with Crippen molar-refractivity contribution in [2.24, 2.45) is 5.92 Å². The zero-order valence-corrected chi connectivity index (χ0v) is 22.8. The van der Waals surface area contributed by atoms with Crippen molar-refractivity contribution in [2.45, 2.75) is 57.3 Å². The van der Waals surface area contributed by atoms with Crippen molar-refractivity contribution in [3.63, 3.8) is 0 Å². The molecular formula is C28H30F4N4O6. The molecule has 4 N–H and O–H groups in total. The molecule has 1 unspecified atom stereocenters. The number of hydrogen-bond donors (Lipinski definition) is 4. The summed E-state index contributed by atoms with van der Waals surface area (Å²) in [5, 5.41) is 14.9. The van der Waals surface area contributed by atoms with Crippen molar-refractivity contribution in [2.75, 3.05) is 13.2 Å². The van der Waals surface area contributed by atoms with Gasteiger partial charge in [-0.3, -0.25) is 19.7 Å². The molecule has 1 fully saturated rings. The van der Waals surface area contributed by atoms with Crippen molar-refractivity contribution in [3.8, 4) is 5.75 Å². The molecule has 3 aromatic rings. The quantitative estimate of drug-likeness (QED) is 0.184. The lowest BCUT2D eigenvalue weighted by atomic mass is 9.95. The van der Waals surface area contributed by atoms with Crippen molar-refractivity contribution in [1.29, 1.82) is 0 Å². The Balaban J connectivity index is 1.55. The molecule has 3 atom stereocenters. The van der Waals surface area contributed by atoms with Gasteiger partial charge in [-0.2, -0.15) is 8.78 Å². The predicted octanol–water partition coefficient (Wildman–Crippen LogP) is 3.69. The molecule has 4 rings (SSSR count). The molecular weight excluding hydrogens is 564 g/mol. The van der Waals surface area contributed by atoms with E-state index in [4.69, 9.17) is 9.47 Å². The first-order valence-electron chi connectivity index (χ1n) is 13.3. The van der Waals surface area contributed by atoms with Gasteiger partial charge in [0, 0.05) is 12.7 Å². The molecule has 1 aromatic heterocycles. The van der Waals surface area contributed by atoms with Crippen LogP contribution in [0.25, 0.3) is 11.0 Å². The standard InChI is InChI=1S/C28H30F4N4O6/c1-14(2)24(36-28(9-5-6-10-42-28)27-34-17-7-3-4-8-18(17)35-27)26(40)33-19(12-21(38)39)20(37)13-41-25-22(31)15(29)11-16(30)23(25)32/h3-4,7-8,11,14,19,24,36H,5-6,9-10,12-13H2,1-2H3,(H,33,40)(H,34,35)(H,38,39)/t19-,24-,28?/m0/s1. The molecule has 14 heteroatoms. The number of aromatic nitrogens is 2. The SMILES string of the molecule is CC(C)[C@H](NC1(c2nc3ccccc3[nH]2)CCCCO1)C(=O)N[C@@H](CC(=O)O)C(=O)COc1c(F)c(F)cc(F)c1F. The zero-order chi connectivity index (χ0) is 30.6. The number of halogens is 4. The van der Waals surface area contributed by atoms with Gasteiger partial charge in [-0.15, -0.1) is 0 Å². The molecule has 42 heavy (non-hydrogen) atoms. The average molecular weight is 595 g/mol. The highest BCUT2D eigenvalue weighted by Crippen LogP contribution is 2.33. The van der Waals surface area contributed by atoms with Crippen LogP contribution in [-0.4, -0.2) is 58.0 Å². The molecule has 0 saturated carbocycles. The Morgan fingerprint density at radius 1 is 1.12 bits per heavy atom. The number of carbonyl (C=O) groups excluding carboxylic acids is 2. The van der Waals surface area contributed by atoms with E-state index in [1.807, 2.05) is 24.3 Å². The summed E-state index contributed by atoms with van der Waals surface area (Å²) in [5.74, 6) is -12.0. The van der Waals surface area contributed by atoms with Crippen molar-refractivity contribution in [3.05, 3.63) is 59.4 Å². The largest absolute Gasteiger partial charge is 0.481 e. The lowest BCUT2D eigenvalue weighted by molar-refractivity contribution is -0.144. The maximum atomic E-state index is 14.0. The number of aliphatic carboxylic acids is 1. The number of imidazole rings is 1. The molecule has 0 spiro atoms. The third kappa shape index (κ3) is 6.71. The molecule has 226 valence electrons. The van der Waals surface area contributed by atoms with Gasteiger partial charge in [0.25, 0.3) is 0 Å². The van der Waals surface area contributed by atoms with Gasteiger partial charge in [0.15, 0.2) is 34.7 Å². The molecule has 0 bridgehead atoms. The number of aromatic amines is 1. The summed E-state index contributed by atoms with van der Waals surface area (Å²) in [6, 6.07) is 4.59. The van der Waals surface area contributed by atoms with Crippen molar-refractivity contribution >= 4 is 28.7 Å². The third-order valence-electron chi connectivity index (χ3n) is 6.90. The second kappa shape index (κ2) is 12.9. The van der Waals surface area contributed by atoms with Crippen LogP contribution in [0.3, 0.4) is 0 Å². The van der Waals surface area contributed by atoms with Crippen molar-refractivity contribution in [1.82, 2.24) is 20.6 Å². The average Bonchev–Trinajstić information content (AvgIpc) is 3.40. The fourth-order valence-electron chi connectivity index (χ4n) is 4.70. The Bertz CT molecular complexity index is 1410. The summed E-state index contributed by atoms with van der Waals surface area (Å²) in [7, 11) is 0. The van der Waals surface area contributed by atoms with E-state index in [2.05, 4.69) is 20.6 Å². The highest BCUT2D eigenvalue weighted by molar-refractivity contribution is 5.94. The Kier molecular flexibility index (Phi) is 9.46. The highest BCUT2D eigenvalue weighted by atomic mass is 19.2. The van der Waals surface area contributed by atoms with Crippen LogP contribution < -0.4 is 15.4 Å². The minimum absolute atomic E-state index is 0.0278. The summed E-state index contributed by atoms with van der Waals surface area (Å²) in [5.41, 5.74) is 0.244. The molecule has 1 saturated heterocycles. The number of amides is 1. The third-order valence-corrected chi connectivity index (χ3v) is 6.90. The maximum absolute atomic E-state index is 14.0. The second-order valence-electron chi connectivity index (χ2n) is 10.3. The number of rotatable bonds is 12. The number of benzene rings is 2. The molecule has 1 aliphatic rings. The van der Waals surface area contributed by atoms with Gasteiger partial charge >= 0.3 is 5.97 Å². The van der Waals surface area contributed by atoms with Crippen LogP contribution in [0.2, 0.25) is 0 Å². The predicted molar refractivity (Wildman–Crippen MR) is 140 cm³/mol. The van der Waals surface area contributed by atoms with E-state index in [1.54, 1.807) is 13.8 Å². The summed E-state index contributed by atoms with van der Waals surface area (Å²) < 4.78 is 65.8. The number of fused-ring (bicyclic) bond motifs is 1. The Morgan fingerprint density at radius 3 is 2.40 bits per heavy atom. The van der Waals surface area contributed by atoms with E-state index in [1.165, 1.54) is 0 Å². The van der Waals surface area contributed by atoms with Crippen LogP contribution in [0.5, 0.6) is 5.75 Å². The molecule has 2 aromatic carbocycles. The minimum atomic E-state index is -1.87. The lowest BCUT2D eigenvalue weighted by Gasteiger charge is -2.40. The van der Waals surface area contributed by atoms with Crippen LogP contribution >= 0.6 is 0 Å². The normalized spacial score (nSPS) is 18.5. The van der Waals surface area contributed by atoms with E-state index >= 15 is 0 Å². The lowest BCUT2D eigenvalue weighted by Crippen LogP contribution is -2.60. The smallest absolute Gasteiger partial charge is 0.305 e. The van der Waals surface area contributed by atoms with Crippen LogP contribution in [0.4, 0.5) is 17.6 Å². The molecule has 10 nitrogen and oxygen atoms in total. The molecule has 2 heterocycles. The van der Waals surface area contributed by atoms with Crippen LogP contribution in [0, 0.1) is 29.2 Å². The Hall–Kier alpha value is -4.04. The van der Waals surface area contributed by atoms with E-state index in [9.17, 15) is 37.1 Å². The number of nitrogens with one attached hydrogen (secondary N) is 3. The van der Waals surface area contributed by atoms with Crippen LogP contribution in [0.15, 0.2) is 30.3 Å². The van der Waals surface area contributed by atoms with E-state index in [0.717, 1.165) is 18.4 Å². The number of Topliss-reactive ketones (excluding diaryl/α,β-unsaturated/α-hetero) is 1. The molecule has 0 radical (unpaired) electrons. The highest BCUT2D eigenvalue weighted by Gasteiger charge is 2.43. The van der Waals surface area contributed by atoms with Crippen molar-refractivity contribution < 1.29 is 46.5 Å². The monoisotopic (exact) mass is 594 g/mol. The number of carboxylic acids is 1. The van der Waals surface area contributed by atoms with E-state index in [-0.39, 0.29) is 6.07 Å². The van der Waals surface area contributed by atoms with Gasteiger partial charge in [0.05, 0.1) is 23.5 Å². The number of ether oxygens (including phenoxy) is 2. The maximum Gasteiger partial charge on any atom is 0.305 e. The molecule has 1 aliphatic heterocycles. The number of carboxylic acid groups (broad SMARTS) is 1. The number of hydrogen-bond acceptors (Lipinski definition) is 7. The first kappa shape index (κ1) is 30.9. The van der Waals surface area contributed by atoms with E-state index in [0.29, 0.717) is 24.4 Å². The molecule has 0 aliphatic carbocycles. The van der Waals surface area contributed by atoms with Crippen LogP contribution in [0.1, 0.15) is 45.4 Å². The number of nitrogens with zero attached hydrogens (tertiary/aromatic N) is 1. The number of H-pyrrole nitrogens is 1. The summed E-state index contributed by atoms with van der Waals surface area (Å²) >= 11 is 0. The van der Waals surface area contributed by atoms with Gasteiger partial charge < -0.3 is 24.9 Å². The second-order valence-corrected chi connectivity index (χ2v) is 10.3. The summed E-state index contributed by atoms with van der Waals surface area (Å²) in [4.78, 5) is 45.7.